The second-order valence-corrected chi connectivity index (χ2v) is 6.66. The lowest BCUT2D eigenvalue weighted by Crippen LogP contribution is -2.02. The van der Waals surface area contributed by atoms with Crippen molar-refractivity contribution in [1.82, 2.24) is 0 Å². The standard InChI is InChI=1S/C21H18Cl2FNO2/c1-26-21-10-14(12-25-16-7-8-19(24)18(23)11-16)6-9-20(21)27-13-15-4-2-3-5-17(15)22/h2-11,25H,12-13H2,1H3. The van der Waals surface area contributed by atoms with E-state index < -0.39 is 5.82 Å². The number of halogens is 3. The number of benzene rings is 3. The first-order chi connectivity index (χ1) is 13.1. The number of rotatable bonds is 7. The highest BCUT2D eigenvalue weighted by Gasteiger charge is 2.08. The van der Waals surface area contributed by atoms with Crippen LogP contribution in [0.2, 0.25) is 10.0 Å². The van der Waals surface area contributed by atoms with Gasteiger partial charge in [0.25, 0.3) is 0 Å². The van der Waals surface area contributed by atoms with Crippen molar-refractivity contribution < 1.29 is 13.9 Å². The lowest BCUT2D eigenvalue weighted by Gasteiger charge is -2.14. The van der Waals surface area contributed by atoms with E-state index in [1.165, 1.54) is 6.07 Å². The zero-order valence-electron chi connectivity index (χ0n) is 14.6. The Morgan fingerprint density at radius 1 is 0.926 bits per heavy atom. The van der Waals surface area contributed by atoms with Crippen molar-refractivity contribution in [2.45, 2.75) is 13.2 Å². The predicted molar refractivity (Wildman–Crippen MR) is 108 cm³/mol. The second-order valence-electron chi connectivity index (χ2n) is 5.85. The molecule has 0 aliphatic rings. The van der Waals surface area contributed by atoms with E-state index in [1.54, 1.807) is 19.2 Å². The molecule has 1 N–H and O–H groups in total. The zero-order chi connectivity index (χ0) is 19.2. The van der Waals surface area contributed by atoms with E-state index in [0.717, 1.165) is 16.8 Å². The molecule has 0 heterocycles. The summed E-state index contributed by atoms with van der Waals surface area (Å²) >= 11 is 12.0. The molecule has 0 unspecified atom stereocenters. The molecule has 0 fully saturated rings. The Hall–Kier alpha value is -2.43. The minimum atomic E-state index is -0.441. The third kappa shape index (κ3) is 5.06. The highest BCUT2D eigenvalue weighted by molar-refractivity contribution is 6.31. The summed E-state index contributed by atoms with van der Waals surface area (Å²) in [6, 6.07) is 17.7. The number of anilines is 1. The van der Waals surface area contributed by atoms with E-state index in [-0.39, 0.29) is 5.02 Å². The van der Waals surface area contributed by atoms with Crippen LogP contribution in [0.15, 0.2) is 60.7 Å². The van der Waals surface area contributed by atoms with Gasteiger partial charge in [-0.1, -0.05) is 47.5 Å². The smallest absolute Gasteiger partial charge is 0.161 e. The normalized spacial score (nSPS) is 10.5. The summed E-state index contributed by atoms with van der Waals surface area (Å²) in [4.78, 5) is 0. The van der Waals surface area contributed by atoms with Crippen LogP contribution in [0.3, 0.4) is 0 Å². The summed E-state index contributed by atoms with van der Waals surface area (Å²) in [6.07, 6.45) is 0. The molecule has 0 spiro atoms. The minimum absolute atomic E-state index is 0.0842. The first kappa shape index (κ1) is 19.3. The highest BCUT2D eigenvalue weighted by Crippen LogP contribution is 2.30. The number of ether oxygens (including phenoxy) is 2. The Bertz CT molecular complexity index is 934. The molecule has 3 nitrogen and oxygen atoms in total. The maximum absolute atomic E-state index is 13.2. The van der Waals surface area contributed by atoms with Crippen molar-refractivity contribution in [2.75, 3.05) is 12.4 Å². The average molecular weight is 406 g/mol. The minimum Gasteiger partial charge on any atom is -0.493 e. The van der Waals surface area contributed by atoms with Gasteiger partial charge in [-0.25, -0.2) is 4.39 Å². The van der Waals surface area contributed by atoms with Crippen molar-refractivity contribution >= 4 is 28.9 Å². The van der Waals surface area contributed by atoms with Crippen molar-refractivity contribution in [2.24, 2.45) is 0 Å². The molecule has 0 atom stereocenters. The highest BCUT2D eigenvalue weighted by atomic mass is 35.5. The van der Waals surface area contributed by atoms with Crippen LogP contribution in [0.4, 0.5) is 10.1 Å². The third-order valence-corrected chi connectivity index (χ3v) is 4.64. The molecule has 0 aromatic heterocycles. The Morgan fingerprint density at radius 3 is 2.48 bits per heavy atom. The molecule has 0 aliphatic heterocycles. The Labute approximate surface area is 167 Å². The van der Waals surface area contributed by atoms with Crippen molar-refractivity contribution in [3.8, 4) is 11.5 Å². The molecule has 6 heteroatoms. The van der Waals surface area contributed by atoms with Gasteiger partial charge in [0.1, 0.15) is 12.4 Å². The summed E-state index contributed by atoms with van der Waals surface area (Å²) in [7, 11) is 1.59. The van der Waals surface area contributed by atoms with Crippen LogP contribution in [0.1, 0.15) is 11.1 Å². The van der Waals surface area contributed by atoms with Crippen LogP contribution in [0.5, 0.6) is 11.5 Å². The molecule has 3 aromatic carbocycles. The molecule has 27 heavy (non-hydrogen) atoms. The van der Waals surface area contributed by atoms with E-state index in [2.05, 4.69) is 5.32 Å². The van der Waals surface area contributed by atoms with Gasteiger partial charge in [-0.2, -0.15) is 0 Å². The number of nitrogens with one attached hydrogen (secondary N) is 1. The van der Waals surface area contributed by atoms with Gasteiger partial charge in [0.2, 0.25) is 0 Å². The molecule has 0 bridgehead atoms. The van der Waals surface area contributed by atoms with Crippen LogP contribution >= 0.6 is 23.2 Å². The lowest BCUT2D eigenvalue weighted by molar-refractivity contribution is 0.284. The predicted octanol–water partition coefficient (Wildman–Crippen LogP) is 6.33. The quantitative estimate of drug-likeness (QED) is 0.497. The zero-order valence-corrected chi connectivity index (χ0v) is 16.1. The molecular weight excluding hydrogens is 388 g/mol. The lowest BCUT2D eigenvalue weighted by atomic mass is 10.2. The topological polar surface area (TPSA) is 30.5 Å². The Morgan fingerprint density at radius 2 is 1.74 bits per heavy atom. The fraction of sp³-hybridized carbons (Fsp3) is 0.143. The summed E-state index contributed by atoms with van der Waals surface area (Å²) in [5, 5.41) is 3.95. The molecule has 0 amide bonds. The van der Waals surface area contributed by atoms with Gasteiger partial charge in [-0.05, 0) is 42.0 Å². The molecule has 0 radical (unpaired) electrons. The average Bonchev–Trinajstić information content (AvgIpc) is 2.68. The van der Waals surface area contributed by atoms with E-state index in [4.69, 9.17) is 32.7 Å². The summed E-state index contributed by atoms with van der Waals surface area (Å²) in [5.41, 5.74) is 2.62. The first-order valence-electron chi connectivity index (χ1n) is 8.29. The molecule has 140 valence electrons. The SMILES string of the molecule is COc1cc(CNc2ccc(F)c(Cl)c2)ccc1OCc1ccccc1Cl. The second kappa shape index (κ2) is 8.98. The molecule has 0 aliphatic carbocycles. The van der Waals surface area contributed by atoms with E-state index >= 15 is 0 Å². The van der Waals surface area contributed by atoms with Gasteiger partial charge in [-0.3, -0.25) is 0 Å². The maximum Gasteiger partial charge on any atom is 0.161 e. The van der Waals surface area contributed by atoms with Crippen molar-refractivity contribution in [1.29, 1.82) is 0 Å². The van der Waals surface area contributed by atoms with Gasteiger partial charge < -0.3 is 14.8 Å². The number of hydrogen-bond acceptors (Lipinski definition) is 3. The van der Waals surface area contributed by atoms with Gasteiger partial charge >= 0.3 is 0 Å². The number of methoxy groups -OCH3 is 1. The van der Waals surface area contributed by atoms with Crippen LogP contribution in [0.25, 0.3) is 0 Å². The van der Waals surface area contributed by atoms with Crippen molar-refractivity contribution in [3.63, 3.8) is 0 Å². The van der Waals surface area contributed by atoms with E-state index in [0.29, 0.717) is 29.7 Å². The monoisotopic (exact) mass is 405 g/mol. The third-order valence-electron chi connectivity index (χ3n) is 3.99. The Kier molecular flexibility index (Phi) is 6.43. The van der Waals surface area contributed by atoms with Crippen LogP contribution in [0, 0.1) is 5.82 Å². The van der Waals surface area contributed by atoms with E-state index in [9.17, 15) is 4.39 Å². The molecular formula is C21H18Cl2FNO2. The van der Waals surface area contributed by atoms with Gasteiger partial charge in [0.05, 0.1) is 12.1 Å². The van der Waals surface area contributed by atoms with Crippen molar-refractivity contribution in [3.05, 3.63) is 87.7 Å². The molecule has 3 rings (SSSR count). The maximum atomic E-state index is 13.2. The van der Waals surface area contributed by atoms with Crippen LogP contribution in [-0.2, 0) is 13.2 Å². The Balaban J connectivity index is 1.66. The molecule has 0 saturated carbocycles. The van der Waals surface area contributed by atoms with Gasteiger partial charge in [0.15, 0.2) is 11.5 Å². The fourth-order valence-corrected chi connectivity index (χ4v) is 2.89. The first-order valence-corrected chi connectivity index (χ1v) is 9.04. The van der Waals surface area contributed by atoms with Crippen LogP contribution < -0.4 is 14.8 Å². The summed E-state index contributed by atoms with van der Waals surface area (Å²) in [6.45, 7) is 0.880. The largest absolute Gasteiger partial charge is 0.493 e. The van der Waals surface area contributed by atoms with Gasteiger partial charge in [-0.15, -0.1) is 0 Å². The molecule has 0 saturated heterocycles. The molecule has 3 aromatic rings. The number of hydrogen-bond donors (Lipinski definition) is 1. The van der Waals surface area contributed by atoms with Gasteiger partial charge in [0, 0.05) is 22.8 Å². The summed E-state index contributed by atoms with van der Waals surface area (Å²) in [5.74, 6) is 0.813. The summed E-state index contributed by atoms with van der Waals surface area (Å²) < 4.78 is 24.5. The van der Waals surface area contributed by atoms with E-state index in [1.807, 2.05) is 42.5 Å². The fourth-order valence-electron chi connectivity index (χ4n) is 2.52. The van der Waals surface area contributed by atoms with Crippen LogP contribution in [-0.4, -0.2) is 7.11 Å².